The minimum Gasteiger partial charge on any atom is -0.477 e. The molecule has 0 saturated carbocycles. The monoisotopic (exact) mass is 307 g/mol. The quantitative estimate of drug-likeness (QED) is 0.765. The minimum absolute atomic E-state index is 0.134. The van der Waals surface area contributed by atoms with Gasteiger partial charge in [-0.05, 0) is 48.6 Å². The highest BCUT2D eigenvalue weighted by Gasteiger charge is 2.16. The van der Waals surface area contributed by atoms with Crippen molar-refractivity contribution in [2.24, 2.45) is 0 Å². The molecule has 1 heterocycles. The summed E-state index contributed by atoms with van der Waals surface area (Å²) in [6.45, 7) is 3.76. The third-order valence-electron chi connectivity index (χ3n) is 3.81. The van der Waals surface area contributed by atoms with E-state index < -0.39 is 5.97 Å². The standard InChI is InChI=1S/C19H17NO3/c1-3-15-16-10-9-14(23-13-7-5-4-6-8-13)11-17(16)12(2)20-18(15)19(21)22/h4-11H,3H2,1-2H3,(H,21,22). The predicted molar refractivity (Wildman–Crippen MR) is 89.3 cm³/mol. The highest BCUT2D eigenvalue weighted by molar-refractivity contribution is 5.97. The van der Waals surface area contributed by atoms with Crippen LogP contribution in [0.25, 0.3) is 10.8 Å². The fourth-order valence-electron chi connectivity index (χ4n) is 2.73. The second kappa shape index (κ2) is 6.08. The molecule has 0 radical (unpaired) electrons. The van der Waals surface area contributed by atoms with E-state index in [1.54, 1.807) is 0 Å². The number of carbonyl (C=O) groups is 1. The summed E-state index contributed by atoms with van der Waals surface area (Å²) in [5.74, 6) is 0.477. The third kappa shape index (κ3) is 2.88. The normalized spacial score (nSPS) is 10.7. The Balaban J connectivity index is 2.12. The molecule has 0 atom stereocenters. The lowest BCUT2D eigenvalue weighted by Gasteiger charge is -2.12. The number of hydrogen-bond donors (Lipinski definition) is 1. The van der Waals surface area contributed by atoms with Crippen molar-refractivity contribution in [2.75, 3.05) is 0 Å². The first-order chi connectivity index (χ1) is 11.1. The van der Waals surface area contributed by atoms with Gasteiger partial charge in [0.25, 0.3) is 0 Å². The Morgan fingerprint density at radius 1 is 1.09 bits per heavy atom. The van der Waals surface area contributed by atoms with Gasteiger partial charge in [-0.3, -0.25) is 0 Å². The van der Waals surface area contributed by atoms with Crippen LogP contribution in [0.4, 0.5) is 0 Å². The summed E-state index contributed by atoms with van der Waals surface area (Å²) in [4.78, 5) is 15.7. The summed E-state index contributed by atoms with van der Waals surface area (Å²) < 4.78 is 5.85. The van der Waals surface area contributed by atoms with Gasteiger partial charge in [0.05, 0.1) is 0 Å². The average molecular weight is 307 g/mol. The van der Waals surface area contributed by atoms with E-state index in [-0.39, 0.29) is 5.69 Å². The zero-order chi connectivity index (χ0) is 16.4. The van der Waals surface area contributed by atoms with Gasteiger partial charge in [-0.1, -0.05) is 31.2 Å². The number of nitrogens with zero attached hydrogens (tertiary/aromatic N) is 1. The van der Waals surface area contributed by atoms with Gasteiger partial charge in [-0.15, -0.1) is 0 Å². The van der Waals surface area contributed by atoms with E-state index in [4.69, 9.17) is 4.74 Å². The molecule has 0 aliphatic rings. The number of carboxylic acid groups (broad SMARTS) is 1. The lowest BCUT2D eigenvalue weighted by molar-refractivity contribution is 0.0689. The van der Waals surface area contributed by atoms with Crippen molar-refractivity contribution in [1.82, 2.24) is 4.98 Å². The Morgan fingerprint density at radius 2 is 1.83 bits per heavy atom. The summed E-state index contributed by atoms with van der Waals surface area (Å²) in [7, 11) is 0. The maximum atomic E-state index is 11.4. The smallest absolute Gasteiger partial charge is 0.354 e. The molecule has 0 saturated heterocycles. The first-order valence-electron chi connectivity index (χ1n) is 7.49. The van der Waals surface area contributed by atoms with Crippen LogP contribution in [-0.2, 0) is 6.42 Å². The van der Waals surface area contributed by atoms with Gasteiger partial charge in [0.2, 0.25) is 0 Å². The number of rotatable bonds is 4. The van der Waals surface area contributed by atoms with Crippen molar-refractivity contribution >= 4 is 16.7 Å². The number of para-hydroxylation sites is 1. The second-order valence-electron chi connectivity index (χ2n) is 5.31. The van der Waals surface area contributed by atoms with Crippen LogP contribution in [0.1, 0.15) is 28.7 Å². The molecule has 3 aromatic rings. The van der Waals surface area contributed by atoms with E-state index >= 15 is 0 Å². The average Bonchev–Trinajstić information content (AvgIpc) is 2.56. The highest BCUT2D eigenvalue weighted by atomic mass is 16.5. The number of aromatic nitrogens is 1. The SMILES string of the molecule is CCc1c(C(=O)O)nc(C)c2cc(Oc3ccccc3)ccc12. The molecule has 116 valence electrons. The molecule has 1 N–H and O–H groups in total. The Morgan fingerprint density at radius 3 is 2.48 bits per heavy atom. The maximum Gasteiger partial charge on any atom is 0.354 e. The molecular formula is C19H17NO3. The maximum absolute atomic E-state index is 11.4. The largest absolute Gasteiger partial charge is 0.477 e. The molecule has 0 amide bonds. The molecule has 0 unspecified atom stereocenters. The molecule has 2 aromatic carbocycles. The van der Waals surface area contributed by atoms with Crippen LogP contribution >= 0.6 is 0 Å². The number of fused-ring (bicyclic) bond motifs is 1. The molecule has 1 aromatic heterocycles. The molecule has 4 heteroatoms. The van der Waals surface area contributed by atoms with Gasteiger partial charge in [0.1, 0.15) is 11.5 Å². The van der Waals surface area contributed by atoms with Crippen molar-refractivity contribution in [3.63, 3.8) is 0 Å². The first kappa shape index (κ1) is 15.0. The molecule has 0 fully saturated rings. The van der Waals surface area contributed by atoms with Gasteiger partial charge in [0, 0.05) is 11.1 Å². The molecule has 0 spiro atoms. The van der Waals surface area contributed by atoms with Gasteiger partial charge in [-0.2, -0.15) is 0 Å². The second-order valence-corrected chi connectivity index (χ2v) is 5.31. The number of ether oxygens (including phenoxy) is 1. The van der Waals surface area contributed by atoms with Crippen LogP contribution in [0.15, 0.2) is 48.5 Å². The molecular weight excluding hydrogens is 290 g/mol. The van der Waals surface area contributed by atoms with Crippen LogP contribution in [0, 0.1) is 6.92 Å². The minimum atomic E-state index is -0.989. The number of pyridine rings is 1. The van der Waals surface area contributed by atoms with Crippen molar-refractivity contribution in [3.8, 4) is 11.5 Å². The fourth-order valence-corrected chi connectivity index (χ4v) is 2.73. The lowest BCUT2D eigenvalue weighted by atomic mass is 10.00. The van der Waals surface area contributed by atoms with Crippen molar-refractivity contribution in [2.45, 2.75) is 20.3 Å². The number of benzene rings is 2. The van der Waals surface area contributed by atoms with E-state index in [0.717, 1.165) is 22.1 Å². The van der Waals surface area contributed by atoms with Crippen molar-refractivity contribution in [3.05, 3.63) is 65.5 Å². The Hall–Kier alpha value is -2.88. The number of hydrogen-bond acceptors (Lipinski definition) is 3. The van der Waals surface area contributed by atoms with Gasteiger partial charge in [0.15, 0.2) is 5.69 Å². The van der Waals surface area contributed by atoms with E-state index in [9.17, 15) is 9.90 Å². The van der Waals surface area contributed by atoms with E-state index in [2.05, 4.69) is 4.98 Å². The van der Waals surface area contributed by atoms with Crippen LogP contribution in [-0.4, -0.2) is 16.1 Å². The first-order valence-corrected chi connectivity index (χ1v) is 7.49. The van der Waals surface area contributed by atoms with Crippen LogP contribution in [0.5, 0.6) is 11.5 Å². The molecule has 4 nitrogen and oxygen atoms in total. The molecule has 23 heavy (non-hydrogen) atoms. The summed E-state index contributed by atoms with van der Waals surface area (Å²) in [6.07, 6.45) is 0.615. The topological polar surface area (TPSA) is 59.4 Å². The number of aromatic carboxylic acids is 1. The van der Waals surface area contributed by atoms with Gasteiger partial charge >= 0.3 is 5.97 Å². The molecule has 0 aliphatic carbocycles. The summed E-state index contributed by atoms with van der Waals surface area (Å²) >= 11 is 0. The van der Waals surface area contributed by atoms with Gasteiger partial charge < -0.3 is 9.84 Å². The van der Waals surface area contributed by atoms with E-state index in [0.29, 0.717) is 17.9 Å². The van der Waals surface area contributed by atoms with E-state index in [1.165, 1.54) is 0 Å². The predicted octanol–water partition coefficient (Wildman–Crippen LogP) is 4.60. The Kier molecular flexibility index (Phi) is 3.98. The van der Waals surface area contributed by atoms with E-state index in [1.807, 2.05) is 62.4 Å². The fraction of sp³-hybridized carbons (Fsp3) is 0.158. The zero-order valence-electron chi connectivity index (χ0n) is 13.0. The third-order valence-corrected chi connectivity index (χ3v) is 3.81. The summed E-state index contributed by atoms with van der Waals surface area (Å²) in [5, 5.41) is 11.2. The van der Waals surface area contributed by atoms with Crippen LogP contribution in [0.2, 0.25) is 0 Å². The summed E-state index contributed by atoms with van der Waals surface area (Å²) in [6, 6.07) is 15.2. The van der Waals surface area contributed by atoms with Crippen LogP contribution < -0.4 is 4.74 Å². The van der Waals surface area contributed by atoms with Crippen LogP contribution in [0.3, 0.4) is 0 Å². The number of carboxylic acids is 1. The van der Waals surface area contributed by atoms with Gasteiger partial charge in [-0.25, -0.2) is 9.78 Å². The zero-order valence-corrected chi connectivity index (χ0v) is 13.0. The number of aryl methyl sites for hydroxylation is 2. The summed E-state index contributed by atoms with van der Waals surface area (Å²) in [5.41, 5.74) is 1.58. The highest BCUT2D eigenvalue weighted by Crippen LogP contribution is 2.30. The molecule has 0 aliphatic heterocycles. The van der Waals surface area contributed by atoms with Crippen molar-refractivity contribution < 1.29 is 14.6 Å². The molecule has 0 bridgehead atoms. The lowest BCUT2D eigenvalue weighted by Crippen LogP contribution is -2.07. The molecule has 3 rings (SSSR count). The van der Waals surface area contributed by atoms with Crippen molar-refractivity contribution in [1.29, 1.82) is 0 Å². The Labute approximate surface area is 134 Å². The Bertz CT molecular complexity index is 873.